The van der Waals surface area contributed by atoms with Crippen molar-refractivity contribution in [3.8, 4) is 0 Å². The van der Waals surface area contributed by atoms with Crippen molar-refractivity contribution < 1.29 is 9.63 Å². The third-order valence-electron chi connectivity index (χ3n) is 2.41. The molecular formula is C8H14N2O2. The van der Waals surface area contributed by atoms with Gasteiger partial charge in [-0.05, 0) is 19.4 Å². The van der Waals surface area contributed by atoms with Gasteiger partial charge in [0.05, 0.1) is 19.1 Å². The van der Waals surface area contributed by atoms with E-state index in [9.17, 15) is 4.79 Å². The van der Waals surface area contributed by atoms with Crippen molar-refractivity contribution in [2.24, 2.45) is 5.92 Å². The summed E-state index contributed by atoms with van der Waals surface area (Å²) >= 11 is 0. The Labute approximate surface area is 71.8 Å². The van der Waals surface area contributed by atoms with Crippen LogP contribution in [0.25, 0.3) is 0 Å². The molecule has 1 amide bonds. The smallest absolute Gasteiger partial charge is 0.250 e. The number of hydroxylamine groups is 2. The van der Waals surface area contributed by atoms with Gasteiger partial charge >= 0.3 is 0 Å². The monoisotopic (exact) mass is 170 g/mol. The third kappa shape index (κ3) is 1.44. The molecule has 1 N–H and O–H groups in total. The Morgan fingerprint density at radius 1 is 1.58 bits per heavy atom. The van der Waals surface area contributed by atoms with Crippen LogP contribution in [0.1, 0.15) is 12.8 Å². The molecule has 68 valence electrons. The molecule has 2 rings (SSSR count). The summed E-state index contributed by atoms with van der Waals surface area (Å²) < 4.78 is 0. The molecule has 2 fully saturated rings. The summed E-state index contributed by atoms with van der Waals surface area (Å²) in [5, 5.41) is 4.70. The average Bonchev–Trinajstić information content (AvgIpc) is 2.77. The second kappa shape index (κ2) is 3.41. The lowest BCUT2D eigenvalue weighted by molar-refractivity contribution is -0.172. The fourth-order valence-corrected chi connectivity index (χ4v) is 1.69. The van der Waals surface area contributed by atoms with Gasteiger partial charge in [-0.3, -0.25) is 9.63 Å². The first-order valence-corrected chi connectivity index (χ1v) is 4.53. The molecule has 1 atom stereocenters. The van der Waals surface area contributed by atoms with Gasteiger partial charge in [-0.15, -0.1) is 0 Å². The quantitative estimate of drug-likeness (QED) is 0.590. The largest absolute Gasteiger partial charge is 0.316 e. The Morgan fingerprint density at radius 3 is 3.08 bits per heavy atom. The van der Waals surface area contributed by atoms with Gasteiger partial charge in [0.25, 0.3) is 5.91 Å². The van der Waals surface area contributed by atoms with Gasteiger partial charge in [0.15, 0.2) is 0 Å². The second-order valence-electron chi connectivity index (χ2n) is 3.32. The van der Waals surface area contributed by atoms with Crippen molar-refractivity contribution >= 4 is 5.91 Å². The van der Waals surface area contributed by atoms with Crippen LogP contribution in [0.15, 0.2) is 0 Å². The minimum atomic E-state index is 0.156. The van der Waals surface area contributed by atoms with Crippen LogP contribution in [0.5, 0.6) is 0 Å². The van der Waals surface area contributed by atoms with E-state index in [1.807, 2.05) is 0 Å². The fraction of sp³-hybridized carbons (Fsp3) is 0.875. The Hall–Kier alpha value is -0.610. The first-order chi connectivity index (χ1) is 5.88. The number of nitrogens with one attached hydrogen (secondary N) is 1. The van der Waals surface area contributed by atoms with Gasteiger partial charge in [0.2, 0.25) is 0 Å². The molecule has 4 nitrogen and oxygen atoms in total. The maximum Gasteiger partial charge on any atom is 0.250 e. The number of nitrogens with zero attached hydrogens (tertiary/aromatic N) is 1. The van der Waals surface area contributed by atoms with Gasteiger partial charge in [0, 0.05) is 6.54 Å². The lowest BCUT2D eigenvalue weighted by Gasteiger charge is -2.17. The third-order valence-corrected chi connectivity index (χ3v) is 2.41. The lowest BCUT2D eigenvalue weighted by atomic mass is 10.1. The maximum absolute atomic E-state index is 11.6. The standard InChI is InChI=1S/C8H14N2O2/c11-8(7-2-3-9-6-7)10-4-1-5-12-10/h7,9H,1-6H2. The number of carbonyl (C=O) groups is 1. The Balaban J connectivity index is 1.89. The highest BCUT2D eigenvalue weighted by Crippen LogP contribution is 2.14. The Kier molecular flexibility index (Phi) is 2.28. The number of carbonyl (C=O) groups excluding carboxylic acids is 1. The van der Waals surface area contributed by atoms with E-state index in [0.717, 1.165) is 32.5 Å². The van der Waals surface area contributed by atoms with E-state index in [0.29, 0.717) is 6.61 Å². The maximum atomic E-state index is 11.6. The van der Waals surface area contributed by atoms with Gasteiger partial charge in [-0.2, -0.15) is 0 Å². The van der Waals surface area contributed by atoms with Crippen LogP contribution in [-0.4, -0.2) is 37.2 Å². The molecule has 4 heteroatoms. The van der Waals surface area contributed by atoms with Crippen LogP contribution < -0.4 is 5.32 Å². The Morgan fingerprint density at radius 2 is 2.50 bits per heavy atom. The Bertz CT molecular complexity index is 154. The van der Waals surface area contributed by atoms with E-state index in [4.69, 9.17) is 4.84 Å². The van der Waals surface area contributed by atoms with Crippen molar-refractivity contribution in [3.63, 3.8) is 0 Å². The molecule has 2 aliphatic rings. The van der Waals surface area contributed by atoms with E-state index in [-0.39, 0.29) is 11.8 Å². The van der Waals surface area contributed by atoms with Crippen LogP contribution in [-0.2, 0) is 9.63 Å². The zero-order valence-electron chi connectivity index (χ0n) is 7.08. The zero-order chi connectivity index (χ0) is 8.39. The van der Waals surface area contributed by atoms with E-state index in [2.05, 4.69) is 5.32 Å². The van der Waals surface area contributed by atoms with Gasteiger partial charge in [0.1, 0.15) is 0 Å². The second-order valence-corrected chi connectivity index (χ2v) is 3.32. The minimum absolute atomic E-state index is 0.156. The highest BCUT2D eigenvalue weighted by molar-refractivity contribution is 5.78. The van der Waals surface area contributed by atoms with Crippen LogP contribution in [0.3, 0.4) is 0 Å². The van der Waals surface area contributed by atoms with Gasteiger partial charge in [-0.1, -0.05) is 0 Å². The van der Waals surface area contributed by atoms with E-state index in [1.54, 1.807) is 0 Å². The predicted octanol–water partition coefficient (Wildman–Crippen LogP) is -0.240. The molecule has 1 unspecified atom stereocenters. The predicted molar refractivity (Wildman–Crippen MR) is 43.3 cm³/mol. The summed E-state index contributed by atoms with van der Waals surface area (Å²) in [6, 6.07) is 0. The number of amides is 1. The number of hydrogen-bond donors (Lipinski definition) is 1. The van der Waals surface area contributed by atoms with Crippen molar-refractivity contribution in [1.29, 1.82) is 0 Å². The SMILES string of the molecule is O=C(C1CCNC1)N1CCCO1. The molecule has 2 heterocycles. The summed E-state index contributed by atoms with van der Waals surface area (Å²) in [5.74, 6) is 0.320. The van der Waals surface area contributed by atoms with E-state index >= 15 is 0 Å². The van der Waals surface area contributed by atoms with Crippen molar-refractivity contribution in [2.45, 2.75) is 12.8 Å². The summed E-state index contributed by atoms with van der Waals surface area (Å²) in [6.45, 7) is 3.25. The molecule has 0 aliphatic carbocycles. The number of hydrogen-bond acceptors (Lipinski definition) is 3. The van der Waals surface area contributed by atoms with Crippen LogP contribution in [0, 0.1) is 5.92 Å². The molecule has 0 spiro atoms. The normalized spacial score (nSPS) is 29.7. The van der Waals surface area contributed by atoms with Crippen LogP contribution in [0.2, 0.25) is 0 Å². The van der Waals surface area contributed by atoms with E-state index < -0.39 is 0 Å². The van der Waals surface area contributed by atoms with Crippen LogP contribution in [0.4, 0.5) is 0 Å². The fourth-order valence-electron chi connectivity index (χ4n) is 1.69. The molecule has 2 aliphatic heterocycles. The average molecular weight is 170 g/mol. The molecule has 0 aromatic heterocycles. The first-order valence-electron chi connectivity index (χ1n) is 4.53. The molecular weight excluding hydrogens is 156 g/mol. The van der Waals surface area contributed by atoms with E-state index in [1.165, 1.54) is 5.06 Å². The lowest BCUT2D eigenvalue weighted by Crippen LogP contribution is -2.33. The molecule has 2 saturated heterocycles. The van der Waals surface area contributed by atoms with Gasteiger partial charge in [-0.25, -0.2) is 5.06 Å². The van der Waals surface area contributed by atoms with Crippen molar-refractivity contribution in [1.82, 2.24) is 10.4 Å². The minimum Gasteiger partial charge on any atom is -0.316 e. The molecule has 0 aromatic carbocycles. The number of rotatable bonds is 1. The summed E-state index contributed by atoms with van der Waals surface area (Å²) in [6.07, 6.45) is 1.94. The summed E-state index contributed by atoms with van der Waals surface area (Å²) in [7, 11) is 0. The molecule has 0 radical (unpaired) electrons. The molecule has 0 aromatic rings. The summed E-state index contributed by atoms with van der Waals surface area (Å²) in [4.78, 5) is 16.8. The highest BCUT2D eigenvalue weighted by Gasteiger charge is 2.29. The van der Waals surface area contributed by atoms with Gasteiger partial charge < -0.3 is 5.32 Å². The first kappa shape index (κ1) is 8.01. The zero-order valence-corrected chi connectivity index (χ0v) is 7.08. The molecule has 0 bridgehead atoms. The topological polar surface area (TPSA) is 41.6 Å². The molecule has 0 saturated carbocycles. The molecule has 12 heavy (non-hydrogen) atoms. The highest BCUT2D eigenvalue weighted by atomic mass is 16.7. The van der Waals surface area contributed by atoms with Crippen molar-refractivity contribution in [3.05, 3.63) is 0 Å². The van der Waals surface area contributed by atoms with Crippen molar-refractivity contribution in [2.75, 3.05) is 26.2 Å². The van der Waals surface area contributed by atoms with Crippen LogP contribution >= 0.6 is 0 Å². The summed E-state index contributed by atoms with van der Waals surface area (Å²) in [5.41, 5.74) is 0.